The van der Waals surface area contributed by atoms with E-state index in [1.54, 1.807) is 29.2 Å². The highest BCUT2D eigenvalue weighted by molar-refractivity contribution is 6.30. The minimum absolute atomic E-state index is 0. The van der Waals surface area contributed by atoms with Gasteiger partial charge in [0.05, 0.1) is 17.4 Å². The van der Waals surface area contributed by atoms with Crippen molar-refractivity contribution >= 4 is 29.9 Å². The van der Waals surface area contributed by atoms with E-state index in [-0.39, 0.29) is 18.3 Å². The van der Waals surface area contributed by atoms with Gasteiger partial charge in [0.1, 0.15) is 0 Å². The van der Waals surface area contributed by atoms with Gasteiger partial charge in [-0.25, -0.2) is 4.68 Å². The second-order valence-electron chi connectivity index (χ2n) is 4.66. The summed E-state index contributed by atoms with van der Waals surface area (Å²) in [6.45, 7) is 4.43. The minimum atomic E-state index is -0.124. The van der Waals surface area contributed by atoms with Crippen LogP contribution in [0.25, 0.3) is 5.69 Å². The Morgan fingerprint density at radius 3 is 2.86 bits per heavy atom. The van der Waals surface area contributed by atoms with E-state index < -0.39 is 0 Å². The summed E-state index contributed by atoms with van der Waals surface area (Å²) in [7, 11) is 0. The lowest BCUT2D eigenvalue weighted by molar-refractivity contribution is 0.0954. The maximum Gasteiger partial charge on any atom is 0.254 e. The molecule has 7 heteroatoms. The van der Waals surface area contributed by atoms with Gasteiger partial charge in [-0.3, -0.25) is 4.79 Å². The molecule has 22 heavy (non-hydrogen) atoms. The molecule has 5 nitrogen and oxygen atoms in total. The molecule has 2 N–H and O–H groups in total. The van der Waals surface area contributed by atoms with Gasteiger partial charge in [-0.05, 0) is 31.2 Å². The lowest BCUT2D eigenvalue weighted by Crippen LogP contribution is -2.31. The van der Waals surface area contributed by atoms with Crippen molar-refractivity contribution in [3.05, 3.63) is 47.2 Å². The van der Waals surface area contributed by atoms with Gasteiger partial charge >= 0.3 is 0 Å². The molecule has 0 unspecified atom stereocenters. The first kappa shape index (κ1) is 18.5. The van der Waals surface area contributed by atoms with E-state index in [1.807, 2.05) is 12.1 Å². The van der Waals surface area contributed by atoms with E-state index in [1.165, 1.54) is 0 Å². The highest BCUT2D eigenvalue weighted by Crippen LogP contribution is 2.14. The molecule has 1 amide bonds. The van der Waals surface area contributed by atoms with Crippen molar-refractivity contribution in [2.75, 3.05) is 19.6 Å². The first-order chi connectivity index (χ1) is 10.2. The second kappa shape index (κ2) is 9.46. The molecule has 0 aliphatic carbocycles. The lowest BCUT2D eigenvalue weighted by Gasteiger charge is -2.04. The molecule has 120 valence electrons. The number of halogens is 2. The SMILES string of the molecule is CCCNCCNC(=O)c1cnn(-c2cccc(Cl)c2)c1.Cl. The summed E-state index contributed by atoms with van der Waals surface area (Å²) in [5, 5.41) is 10.9. The third-order valence-electron chi connectivity index (χ3n) is 2.93. The maximum atomic E-state index is 12.0. The number of hydrogen-bond acceptors (Lipinski definition) is 3. The van der Waals surface area contributed by atoms with Crippen molar-refractivity contribution in [3.63, 3.8) is 0 Å². The number of rotatable bonds is 7. The molecular formula is C15H20Cl2N4O. The predicted octanol–water partition coefficient (Wildman–Crippen LogP) is 2.68. The van der Waals surface area contributed by atoms with Gasteiger partial charge in [-0.15, -0.1) is 12.4 Å². The molecular weight excluding hydrogens is 323 g/mol. The van der Waals surface area contributed by atoms with Crippen LogP contribution in [0.15, 0.2) is 36.7 Å². The lowest BCUT2D eigenvalue weighted by atomic mass is 10.3. The zero-order chi connectivity index (χ0) is 15.1. The number of nitrogens with one attached hydrogen (secondary N) is 2. The van der Waals surface area contributed by atoms with Gasteiger partial charge in [0.15, 0.2) is 0 Å². The van der Waals surface area contributed by atoms with Crippen molar-refractivity contribution in [1.29, 1.82) is 0 Å². The highest BCUT2D eigenvalue weighted by atomic mass is 35.5. The van der Waals surface area contributed by atoms with E-state index in [0.717, 1.165) is 25.2 Å². The molecule has 0 atom stereocenters. The summed E-state index contributed by atoms with van der Waals surface area (Å²) < 4.78 is 1.64. The van der Waals surface area contributed by atoms with Gasteiger partial charge in [-0.1, -0.05) is 24.6 Å². The van der Waals surface area contributed by atoms with E-state index in [4.69, 9.17) is 11.6 Å². The predicted molar refractivity (Wildman–Crippen MR) is 91.3 cm³/mol. The van der Waals surface area contributed by atoms with Crippen LogP contribution in [0.3, 0.4) is 0 Å². The van der Waals surface area contributed by atoms with E-state index >= 15 is 0 Å². The van der Waals surface area contributed by atoms with E-state index in [0.29, 0.717) is 17.1 Å². The Bertz CT molecular complexity index is 601. The van der Waals surface area contributed by atoms with Crippen molar-refractivity contribution in [1.82, 2.24) is 20.4 Å². The van der Waals surface area contributed by atoms with Crippen molar-refractivity contribution in [2.45, 2.75) is 13.3 Å². The van der Waals surface area contributed by atoms with Crippen LogP contribution in [-0.4, -0.2) is 35.3 Å². The summed E-state index contributed by atoms with van der Waals surface area (Å²) in [5.74, 6) is -0.124. The average Bonchev–Trinajstić information content (AvgIpc) is 2.97. The highest BCUT2D eigenvalue weighted by Gasteiger charge is 2.08. The largest absolute Gasteiger partial charge is 0.351 e. The van der Waals surface area contributed by atoms with Gasteiger partial charge in [0.25, 0.3) is 5.91 Å². The maximum absolute atomic E-state index is 12.0. The fourth-order valence-electron chi connectivity index (χ4n) is 1.87. The van der Waals surface area contributed by atoms with Crippen molar-refractivity contribution in [2.24, 2.45) is 0 Å². The summed E-state index contributed by atoms with van der Waals surface area (Å²) in [6, 6.07) is 7.32. The zero-order valence-electron chi connectivity index (χ0n) is 12.4. The first-order valence-corrected chi connectivity index (χ1v) is 7.38. The van der Waals surface area contributed by atoms with Crippen molar-refractivity contribution < 1.29 is 4.79 Å². The number of nitrogens with zero attached hydrogens (tertiary/aromatic N) is 2. The third-order valence-corrected chi connectivity index (χ3v) is 3.17. The number of benzene rings is 1. The molecule has 2 aromatic rings. The van der Waals surface area contributed by atoms with Crippen LogP contribution in [0.5, 0.6) is 0 Å². The monoisotopic (exact) mass is 342 g/mol. The summed E-state index contributed by atoms with van der Waals surface area (Å²) >= 11 is 5.95. The van der Waals surface area contributed by atoms with E-state index in [9.17, 15) is 4.79 Å². The normalized spacial score (nSPS) is 10.1. The van der Waals surface area contributed by atoms with Crippen LogP contribution in [0.1, 0.15) is 23.7 Å². The molecule has 0 aliphatic rings. The number of aromatic nitrogens is 2. The zero-order valence-corrected chi connectivity index (χ0v) is 14.0. The number of carbonyl (C=O) groups excluding carboxylic acids is 1. The Hall–Kier alpha value is -1.56. The smallest absolute Gasteiger partial charge is 0.254 e. The van der Waals surface area contributed by atoms with Crippen LogP contribution in [-0.2, 0) is 0 Å². The van der Waals surface area contributed by atoms with Gasteiger partial charge in [0.2, 0.25) is 0 Å². The fraction of sp³-hybridized carbons (Fsp3) is 0.333. The molecule has 0 fully saturated rings. The van der Waals surface area contributed by atoms with Crippen LogP contribution >= 0.6 is 24.0 Å². The average molecular weight is 343 g/mol. The molecule has 1 aromatic carbocycles. The number of hydrogen-bond donors (Lipinski definition) is 2. The van der Waals surface area contributed by atoms with Gasteiger partial charge in [0, 0.05) is 24.3 Å². The molecule has 0 saturated heterocycles. The Kier molecular flexibility index (Phi) is 7.95. The molecule has 1 heterocycles. The molecule has 0 bridgehead atoms. The number of carbonyl (C=O) groups is 1. The van der Waals surface area contributed by atoms with E-state index in [2.05, 4.69) is 22.7 Å². The summed E-state index contributed by atoms with van der Waals surface area (Å²) in [6.07, 6.45) is 4.33. The molecule has 0 radical (unpaired) electrons. The molecule has 2 rings (SSSR count). The summed E-state index contributed by atoms with van der Waals surface area (Å²) in [4.78, 5) is 12.0. The third kappa shape index (κ3) is 5.33. The van der Waals surface area contributed by atoms with Crippen LogP contribution in [0, 0.1) is 0 Å². The quantitative estimate of drug-likeness (QED) is 0.760. The Morgan fingerprint density at radius 1 is 1.32 bits per heavy atom. The topological polar surface area (TPSA) is 58.9 Å². The first-order valence-electron chi connectivity index (χ1n) is 7.00. The molecule has 0 spiro atoms. The summed E-state index contributed by atoms with van der Waals surface area (Å²) in [5.41, 5.74) is 1.36. The fourth-order valence-corrected chi connectivity index (χ4v) is 2.05. The Balaban J connectivity index is 0.00000242. The molecule has 0 saturated carbocycles. The Morgan fingerprint density at radius 2 is 2.14 bits per heavy atom. The standard InChI is InChI=1S/C15H19ClN4O.ClH/c1-2-6-17-7-8-18-15(21)12-10-19-20(11-12)14-5-3-4-13(16)9-14;/h3-5,9-11,17H,2,6-8H2,1H3,(H,18,21);1H. The Labute approximate surface area is 141 Å². The van der Waals surface area contributed by atoms with Crippen LogP contribution in [0.2, 0.25) is 5.02 Å². The van der Waals surface area contributed by atoms with Crippen molar-refractivity contribution in [3.8, 4) is 5.69 Å². The van der Waals surface area contributed by atoms with Crippen LogP contribution < -0.4 is 10.6 Å². The minimum Gasteiger partial charge on any atom is -0.351 e. The molecule has 1 aromatic heterocycles. The van der Waals surface area contributed by atoms with Gasteiger partial charge in [-0.2, -0.15) is 5.10 Å². The molecule has 0 aliphatic heterocycles. The van der Waals surface area contributed by atoms with Crippen LogP contribution in [0.4, 0.5) is 0 Å². The second-order valence-corrected chi connectivity index (χ2v) is 5.10. The number of amides is 1. The van der Waals surface area contributed by atoms with Gasteiger partial charge < -0.3 is 10.6 Å².